The number of carbonyl (C=O) groups excluding carboxylic acids is 3. The minimum Gasteiger partial charge on any atom is -0.463 e. The van der Waals surface area contributed by atoms with Crippen molar-refractivity contribution >= 4 is 17.8 Å². The van der Waals surface area contributed by atoms with Crippen LogP contribution in [0.4, 0.5) is 4.79 Å². The average molecular weight is 288 g/mol. The number of carbonyl (C=O) groups is 3. The van der Waals surface area contributed by atoms with Crippen molar-refractivity contribution in [1.29, 1.82) is 0 Å². The molecule has 0 aliphatic heterocycles. The summed E-state index contributed by atoms with van der Waals surface area (Å²) < 4.78 is 10.2. The zero-order valence-corrected chi connectivity index (χ0v) is 12.4. The Hall–Kier alpha value is -1.63. The number of nitrogens with one attached hydrogen (secondary N) is 2. The maximum atomic E-state index is 11.3. The lowest BCUT2D eigenvalue weighted by molar-refractivity contribution is -0.145. The quantitative estimate of drug-likeness (QED) is 0.454. The summed E-state index contributed by atoms with van der Waals surface area (Å²) in [4.78, 5) is 33.1. The van der Waals surface area contributed by atoms with Crippen LogP contribution in [0.5, 0.6) is 0 Å². The third kappa shape index (κ3) is 12.8. The highest BCUT2D eigenvalue weighted by atomic mass is 16.6. The summed E-state index contributed by atoms with van der Waals surface area (Å²) >= 11 is 0. The second-order valence-electron chi connectivity index (χ2n) is 4.56. The largest absolute Gasteiger partial charge is 0.463 e. The predicted molar refractivity (Wildman–Crippen MR) is 73.4 cm³/mol. The van der Waals surface area contributed by atoms with E-state index in [1.54, 1.807) is 0 Å². The van der Waals surface area contributed by atoms with Gasteiger partial charge in [-0.3, -0.25) is 9.59 Å². The van der Waals surface area contributed by atoms with E-state index in [0.717, 1.165) is 0 Å². The summed E-state index contributed by atoms with van der Waals surface area (Å²) in [5.74, 6) is -0.435. The second-order valence-corrected chi connectivity index (χ2v) is 4.56. The molecular weight excluding hydrogens is 264 g/mol. The predicted octanol–water partition coefficient (Wildman–Crippen LogP) is 0.623. The molecule has 116 valence electrons. The fourth-order valence-corrected chi connectivity index (χ4v) is 1.21. The van der Waals surface area contributed by atoms with Crippen LogP contribution in [0, 0.1) is 0 Å². The molecule has 0 rings (SSSR count). The molecule has 0 spiro atoms. The molecule has 0 aliphatic rings. The van der Waals surface area contributed by atoms with Gasteiger partial charge in [0.05, 0.1) is 19.3 Å². The van der Waals surface area contributed by atoms with Gasteiger partial charge in [0, 0.05) is 13.0 Å². The van der Waals surface area contributed by atoms with E-state index in [1.807, 2.05) is 13.8 Å². The Kier molecular flexibility index (Phi) is 10.3. The molecule has 0 unspecified atom stereocenters. The third-order valence-corrected chi connectivity index (χ3v) is 2.14. The summed E-state index contributed by atoms with van der Waals surface area (Å²) in [5, 5.41) is 4.93. The highest BCUT2D eigenvalue weighted by Crippen LogP contribution is 1.93. The van der Waals surface area contributed by atoms with Gasteiger partial charge >= 0.3 is 12.0 Å². The zero-order chi connectivity index (χ0) is 15.4. The summed E-state index contributed by atoms with van der Waals surface area (Å²) in [6, 6.07) is -0.418. The first-order valence-corrected chi connectivity index (χ1v) is 6.70. The molecular formula is C13H24N2O5. The fraction of sp³-hybridized carbons (Fsp3) is 0.769. The van der Waals surface area contributed by atoms with Gasteiger partial charge in [0.1, 0.15) is 12.4 Å². The Bertz CT molecular complexity index is 318. The number of esters is 1. The third-order valence-electron chi connectivity index (χ3n) is 2.14. The molecule has 2 N–H and O–H groups in total. The first-order chi connectivity index (χ1) is 9.41. The Morgan fingerprint density at radius 1 is 1.10 bits per heavy atom. The van der Waals surface area contributed by atoms with E-state index in [9.17, 15) is 14.4 Å². The summed E-state index contributed by atoms with van der Waals surface area (Å²) in [7, 11) is 0. The van der Waals surface area contributed by atoms with E-state index in [0.29, 0.717) is 19.6 Å². The van der Waals surface area contributed by atoms with Crippen LogP contribution in [0.3, 0.4) is 0 Å². The number of Topliss-reactive ketones (excluding diaryl/α,β-unsaturated/α-hetero) is 1. The van der Waals surface area contributed by atoms with Crippen LogP contribution >= 0.6 is 0 Å². The average Bonchev–Trinajstić information content (AvgIpc) is 2.37. The van der Waals surface area contributed by atoms with Gasteiger partial charge in [-0.1, -0.05) is 0 Å². The molecule has 0 aliphatic carbocycles. The first kappa shape index (κ1) is 18.4. The lowest BCUT2D eigenvalue weighted by atomic mass is 10.3. The maximum Gasteiger partial charge on any atom is 0.315 e. The Labute approximate surface area is 119 Å². The standard InChI is InChI=1S/C13H24N2O5/c1-10(2)19-7-8-20-12(17)5-4-6-14-13(18)15-9-11(3)16/h10H,4-9H2,1-3H3,(H2,14,15,18). The zero-order valence-electron chi connectivity index (χ0n) is 12.4. The molecule has 0 heterocycles. The number of hydrogen-bond acceptors (Lipinski definition) is 5. The van der Waals surface area contributed by atoms with Crippen molar-refractivity contribution in [1.82, 2.24) is 10.6 Å². The Balaban J connectivity index is 3.43. The lowest BCUT2D eigenvalue weighted by Crippen LogP contribution is -2.38. The molecule has 0 aromatic carbocycles. The minimum absolute atomic E-state index is 0.00370. The molecule has 2 amide bonds. The van der Waals surface area contributed by atoms with Crippen LogP contribution in [0.15, 0.2) is 0 Å². The second kappa shape index (κ2) is 11.2. The summed E-state index contributed by atoms with van der Waals surface area (Å²) in [6.07, 6.45) is 0.831. The lowest BCUT2D eigenvalue weighted by Gasteiger charge is -2.08. The van der Waals surface area contributed by atoms with Crippen molar-refractivity contribution in [2.45, 2.75) is 39.7 Å². The van der Waals surface area contributed by atoms with Crippen LogP contribution in [0.1, 0.15) is 33.6 Å². The van der Waals surface area contributed by atoms with Crippen molar-refractivity contribution in [3.05, 3.63) is 0 Å². The van der Waals surface area contributed by atoms with Crippen LogP contribution in [0.25, 0.3) is 0 Å². The summed E-state index contributed by atoms with van der Waals surface area (Å²) in [5.41, 5.74) is 0. The molecule has 20 heavy (non-hydrogen) atoms. The van der Waals surface area contributed by atoms with Gasteiger partial charge in [-0.05, 0) is 27.2 Å². The van der Waals surface area contributed by atoms with Gasteiger partial charge in [-0.25, -0.2) is 4.79 Å². The number of ether oxygens (including phenoxy) is 2. The molecule has 0 saturated heterocycles. The van der Waals surface area contributed by atoms with E-state index in [4.69, 9.17) is 9.47 Å². The van der Waals surface area contributed by atoms with Gasteiger partial charge < -0.3 is 20.1 Å². The van der Waals surface area contributed by atoms with Gasteiger partial charge in [0.2, 0.25) is 0 Å². The highest BCUT2D eigenvalue weighted by Gasteiger charge is 2.04. The van der Waals surface area contributed by atoms with Crippen molar-refractivity contribution in [2.75, 3.05) is 26.3 Å². The van der Waals surface area contributed by atoms with Crippen LogP contribution in [-0.4, -0.2) is 50.2 Å². The number of amides is 2. The van der Waals surface area contributed by atoms with Gasteiger partial charge in [0.25, 0.3) is 0 Å². The number of hydrogen-bond donors (Lipinski definition) is 2. The molecule has 0 saturated carbocycles. The highest BCUT2D eigenvalue weighted by molar-refractivity contribution is 5.83. The molecule has 0 radical (unpaired) electrons. The van der Waals surface area contributed by atoms with Gasteiger partial charge in [0.15, 0.2) is 0 Å². The monoisotopic (exact) mass is 288 g/mol. The normalized spacial score (nSPS) is 10.2. The topological polar surface area (TPSA) is 93.7 Å². The molecule has 7 heteroatoms. The van der Waals surface area contributed by atoms with Crippen LogP contribution in [-0.2, 0) is 19.1 Å². The van der Waals surface area contributed by atoms with E-state index < -0.39 is 6.03 Å². The van der Waals surface area contributed by atoms with Crippen molar-refractivity contribution < 1.29 is 23.9 Å². The minimum atomic E-state index is -0.418. The molecule has 0 aromatic heterocycles. The molecule has 0 fully saturated rings. The molecule has 0 atom stereocenters. The van der Waals surface area contributed by atoms with Crippen LogP contribution in [0.2, 0.25) is 0 Å². The SMILES string of the molecule is CC(=O)CNC(=O)NCCCC(=O)OCCOC(C)C. The smallest absolute Gasteiger partial charge is 0.315 e. The molecule has 0 bridgehead atoms. The van der Waals surface area contributed by atoms with E-state index in [-0.39, 0.29) is 37.4 Å². The number of rotatable bonds is 10. The number of ketones is 1. The van der Waals surface area contributed by atoms with E-state index in [2.05, 4.69) is 10.6 Å². The maximum absolute atomic E-state index is 11.3. The molecule has 0 aromatic rings. The molecule has 7 nitrogen and oxygen atoms in total. The van der Waals surface area contributed by atoms with E-state index in [1.165, 1.54) is 6.92 Å². The first-order valence-electron chi connectivity index (χ1n) is 6.70. The Morgan fingerprint density at radius 2 is 1.80 bits per heavy atom. The fourth-order valence-electron chi connectivity index (χ4n) is 1.21. The van der Waals surface area contributed by atoms with Crippen LogP contribution < -0.4 is 10.6 Å². The van der Waals surface area contributed by atoms with Gasteiger partial charge in [-0.2, -0.15) is 0 Å². The van der Waals surface area contributed by atoms with Gasteiger partial charge in [-0.15, -0.1) is 0 Å². The van der Waals surface area contributed by atoms with Crippen molar-refractivity contribution in [2.24, 2.45) is 0 Å². The van der Waals surface area contributed by atoms with Crippen molar-refractivity contribution in [3.8, 4) is 0 Å². The number of urea groups is 1. The Morgan fingerprint density at radius 3 is 2.40 bits per heavy atom. The van der Waals surface area contributed by atoms with E-state index >= 15 is 0 Å². The van der Waals surface area contributed by atoms with Crippen molar-refractivity contribution in [3.63, 3.8) is 0 Å². The summed E-state index contributed by atoms with van der Waals surface area (Å²) in [6.45, 7) is 6.18.